The van der Waals surface area contributed by atoms with Gasteiger partial charge in [-0.05, 0) is 75.1 Å². The number of aryl methyl sites for hydroxylation is 1. The van der Waals surface area contributed by atoms with Gasteiger partial charge in [0.25, 0.3) is 5.91 Å². The molecular formula is C24H29ClN2O5S2. The average Bonchev–Trinajstić information content (AvgIpc) is 3.17. The number of carbonyl (C=O) groups excluding carboxylic acids is 2. The van der Waals surface area contributed by atoms with Gasteiger partial charge in [-0.15, -0.1) is 11.3 Å². The first-order valence-corrected chi connectivity index (χ1v) is 14.3. The average molecular weight is 525 g/mol. The van der Waals surface area contributed by atoms with Crippen LogP contribution in [0.25, 0.3) is 0 Å². The van der Waals surface area contributed by atoms with Crippen LogP contribution in [0.1, 0.15) is 70.7 Å². The van der Waals surface area contributed by atoms with Crippen LogP contribution in [-0.4, -0.2) is 44.3 Å². The van der Waals surface area contributed by atoms with Gasteiger partial charge in [0.2, 0.25) is 10.0 Å². The summed E-state index contributed by atoms with van der Waals surface area (Å²) in [6, 6.07) is 4.19. The molecule has 1 amide bonds. The highest BCUT2D eigenvalue weighted by atomic mass is 35.5. The minimum absolute atomic E-state index is 0.0349. The molecule has 0 unspecified atom stereocenters. The van der Waals surface area contributed by atoms with Crippen molar-refractivity contribution in [1.82, 2.24) is 4.31 Å². The van der Waals surface area contributed by atoms with Crippen molar-refractivity contribution < 1.29 is 22.7 Å². The van der Waals surface area contributed by atoms with Crippen molar-refractivity contribution in [2.45, 2.75) is 57.3 Å². The number of halogens is 1. The number of hydrogen-bond donors (Lipinski definition) is 1. The second kappa shape index (κ2) is 10.4. The van der Waals surface area contributed by atoms with Gasteiger partial charge in [0, 0.05) is 18.0 Å². The normalized spacial score (nSPS) is 17.3. The summed E-state index contributed by atoms with van der Waals surface area (Å²) < 4.78 is 33.1. The second-order valence-electron chi connectivity index (χ2n) is 8.82. The third-order valence-electron chi connectivity index (χ3n) is 6.44. The molecule has 1 aromatic carbocycles. The summed E-state index contributed by atoms with van der Waals surface area (Å²) in [6.07, 6.45) is 5.23. The van der Waals surface area contributed by atoms with E-state index < -0.39 is 21.9 Å². The van der Waals surface area contributed by atoms with Crippen molar-refractivity contribution in [3.63, 3.8) is 0 Å². The van der Waals surface area contributed by atoms with Crippen LogP contribution in [0, 0.1) is 5.92 Å². The molecule has 1 aliphatic carbocycles. The molecule has 0 bridgehead atoms. The molecule has 2 heterocycles. The quantitative estimate of drug-likeness (QED) is 0.529. The topological polar surface area (TPSA) is 92.8 Å². The van der Waals surface area contributed by atoms with Crippen LogP contribution in [0.2, 0.25) is 5.02 Å². The molecule has 2 aliphatic rings. The molecule has 0 saturated carbocycles. The molecule has 1 saturated heterocycles. The van der Waals surface area contributed by atoms with Crippen LogP contribution >= 0.6 is 22.9 Å². The molecule has 1 aliphatic heterocycles. The number of fused-ring (bicyclic) bond motifs is 1. The molecule has 1 fully saturated rings. The summed E-state index contributed by atoms with van der Waals surface area (Å²) in [4.78, 5) is 27.0. The van der Waals surface area contributed by atoms with E-state index in [4.69, 9.17) is 16.3 Å². The number of carbonyl (C=O) groups is 2. The van der Waals surface area contributed by atoms with Gasteiger partial charge in [0.15, 0.2) is 0 Å². The molecule has 1 aromatic heterocycles. The number of piperidine rings is 1. The van der Waals surface area contributed by atoms with E-state index in [2.05, 4.69) is 12.2 Å². The molecule has 0 atom stereocenters. The lowest BCUT2D eigenvalue weighted by molar-refractivity contribution is 0.0526. The number of nitrogens with zero attached hydrogens (tertiary/aromatic N) is 1. The van der Waals surface area contributed by atoms with Crippen LogP contribution < -0.4 is 5.32 Å². The highest BCUT2D eigenvalue weighted by Gasteiger charge is 2.30. The summed E-state index contributed by atoms with van der Waals surface area (Å²) in [5.74, 6) is -0.527. The zero-order chi connectivity index (χ0) is 24.5. The lowest BCUT2D eigenvalue weighted by atomic mass is 9.95. The molecule has 0 spiro atoms. The predicted octanol–water partition coefficient (Wildman–Crippen LogP) is 5.13. The Kier molecular flexibility index (Phi) is 7.66. The first-order chi connectivity index (χ1) is 16.2. The fourth-order valence-electron chi connectivity index (χ4n) is 4.46. The SMILES string of the molecule is CCOC(=O)c1c(NC(=O)c2cc(S(=O)(=O)N3CCC(C)CC3)ccc2Cl)sc2c1CCCC2. The first-order valence-electron chi connectivity index (χ1n) is 11.6. The number of rotatable bonds is 6. The van der Waals surface area contributed by atoms with E-state index in [-0.39, 0.29) is 22.1 Å². The van der Waals surface area contributed by atoms with E-state index in [1.807, 2.05) is 0 Å². The number of amides is 1. The Morgan fingerprint density at radius 3 is 2.62 bits per heavy atom. The maximum absolute atomic E-state index is 13.2. The summed E-state index contributed by atoms with van der Waals surface area (Å²) in [5, 5.41) is 3.38. The van der Waals surface area contributed by atoms with E-state index in [0.717, 1.165) is 49.0 Å². The second-order valence-corrected chi connectivity index (χ2v) is 12.3. The number of benzene rings is 1. The standard InChI is InChI=1S/C24H29ClN2O5S2/c1-3-32-24(29)21-17-6-4-5-7-20(17)33-23(21)26-22(28)18-14-16(8-9-19(18)25)34(30,31)27-12-10-15(2)11-13-27/h8-9,14-15H,3-7,10-13H2,1-2H3,(H,26,28). The Balaban J connectivity index is 1.63. The summed E-state index contributed by atoms with van der Waals surface area (Å²) >= 11 is 7.68. The zero-order valence-electron chi connectivity index (χ0n) is 19.4. The predicted molar refractivity (Wildman–Crippen MR) is 133 cm³/mol. The van der Waals surface area contributed by atoms with Gasteiger partial charge in [-0.3, -0.25) is 4.79 Å². The highest BCUT2D eigenvalue weighted by Crippen LogP contribution is 2.39. The maximum atomic E-state index is 13.2. The number of thiophene rings is 1. The van der Waals surface area contributed by atoms with Gasteiger partial charge < -0.3 is 10.1 Å². The largest absolute Gasteiger partial charge is 0.462 e. The van der Waals surface area contributed by atoms with E-state index in [0.29, 0.717) is 29.6 Å². The fraction of sp³-hybridized carbons (Fsp3) is 0.500. The smallest absolute Gasteiger partial charge is 0.341 e. The van der Waals surface area contributed by atoms with Crippen molar-refractivity contribution in [3.8, 4) is 0 Å². The molecule has 34 heavy (non-hydrogen) atoms. The Morgan fingerprint density at radius 2 is 1.91 bits per heavy atom. The maximum Gasteiger partial charge on any atom is 0.341 e. The molecule has 4 rings (SSSR count). The van der Waals surface area contributed by atoms with Crippen molar-refractivity contribution >= 4 is 49.8 Å². The minimum Gasteiger partial charge on any atom is -0.462 e. The first kappa shape index (κ1) is 25.2. The van der Waals surface area contributed by atoms with E-state index in [1.54, 1.807) is 6.92 Å². The van der Waals surface area contributed by atoms with E-state index >= 15 is 0 Å². The Labute approximate surface area is 209 Å². The molecule has 2 aromatic rings. The summed E-state index contributed by atoms with van der Waals surface area (Å²) in [5.41, 5.74) is 1.39. The molecule has 0 radical (unpaired) electrons. The monoisotopic (exact) mass is 524 g/mol. The Bertz CT molecular complexity index is 1200. The van der Waals surface area contributed by atoms with Crippen LogP contribution in [-0.2, 0) is 27.6 Å². The van der Waals surface area contributed by atoms with Gasteiger partial charge in [-0.2, -0.15) is 4.31 Å². The number of ether oxygens (including phenoxy) is 1. The van der Waals surface area contributed by atoms with Crippen molar-refractivity contribution in [2.24, 2.45) is 5.92 Å². The Hall–Kier alpha value is -1.94. The van der Waals surface area contributed by atoms with Gasteiger partial charge in [0.1, 0.15) is 5.00 Å². The van der Waals surface area contributed by atoms with Crippen LogP contribution in [0.3, 0.4) is 0 Å². The van der Waals surface area contributed by atoms with Crippen LogP contribution in [0.15, 0.2) is 23.1 Å². The van der Waals surface area contributed by atoms with Crippen molar-refractivity contribution in [1.29, 1.82) is 0 Å². The van der Waals surface area contributed by atoms with Crippen molar-refractivity contribution in [2.75, 3.05) is 25.0 Å². The van der Waals surface area contributed by atoms with Gasteiger partial charge in [-0.25, -0.2) is 13.2 Å². The van der Waals surface area contributed by atoms with Gasteiger partial charge >= 0.3 is 5.97 Å². The molecule has 1 N–H and O–H groups in total. The fourth-order valence-corrected chi connectivity index (χ4v) is 7.43. The summed E-state index contributed by atoms with van der Waals surface area (Å²) in [6.45, 7) is 5.00. The number of sulfonamides is 1. The third-order valence-corrected chi connectivity index (χ3v) is 9.87. The number of nitrogens with one attached hydrogen (secondary N) is 1. The minimum atomic E-state index is -3.74. The lowest BCUT2D eigenvalue weighted by Crippen LogP contribution is -2.37. The van der Waals surface area contributed by atoms with Gasteiger partial charge in [0.05, 0.1) is 27.7 Å². The van der Waals surface area contributed by atoms with Crippen molar-refractivity contribution in [3.05, 3.63) is 44.8 Å². The van der Waals surface area contributed by atoms with Crippen LogP contribution in [0.4, 0.5) is 5.00 Å². The highest BCUT2D eigenvalue weighted by molar-refractivity contribution is 7.89. The molecule has 7 nitrogen and oxygen atoms in total. The lowest BCUT2D eigenvalue weighted by Gasteiger charge is -2.29. The number of hydrogen-bond acceptors (Lipinski definition) is 6. The molecule has 184 valence electrons. The van der Waals surface area contributed by atoms with E-state index in [1.165, 1.54) is 33.8 Å². The number of anilines is 1. The van der Waals surface area contributed by atoms with Gasteiger partial charge in [-0.1, -0.05) is 18.5 Å². The zero-order valence-corrected chi connectivity index (χ0v) is 21.7. The number of esters is 1. The summed E-state index contributed by atoms with van der Waals surface area (Å²) in [7, 11) is -3.74. The molecule has 10 heteroatoms. The molecular weight excluding hydrogens is 496 g/mol. The Morgan fingerprint density at radius 1 is 1.21 bits per heavy atom. The van der Waals surface area contributed by atoms with Crippen LogP contribution in [0.5, 0.6) is 0 Å². The van der Waals surface area contributed by atoms with E-state index in [9.17, 15) is 18.0 Å². The third kappa shape index (κ3) is 5.03.